The molecule has 0 radical (unpaired) electrons. The molecule has 1 heterocycles. The Balaban J connectivity index is 1.54. The van der Waals surface area contributed by atoms with E-state index >= 15 is 0 Å². The van der Waals surface area contributed by atoms with Crippen LogP contribution in [0.5, 0.6) is 0 Å². The van der Waals surface area contributed by atoms with Crippen LogP contribution in [0.15, 0.2) is 0 Å². The molecule has 4 nitrogen and oxygen atoms in total. The zero-order chi connectivity index (χ0) is 16.0. The summed E-state index contributed by atoms with van der Waals surface area (Å²) in [5.41, 5.74) is -0.149. The molecule has 1 saturated heterocycles. The number of carbonyl (C=O) groups excluding carboxylic acids is 1. The van der Waals surface area contributed by atoms with Gasteiger partial charge in [0.1, 0.15) is 6.61 Å². The summed E-state index contributed by atoms with van der Waals surface area (Å²) >= 11 is 0. The lowest BCUT2D eigenvalue weighted by molar-refractivity contribution is -0.164. The average Bonchev–Trinajstić information content (AvgIpc) is 2.64. The van der Waals surface area contributed by atoms with E-state index in [0.29, 0.717) is 12.5 Å². The van der Waals surface area contributed by atoms with Crippen molar-refractivity contribution in [3.63, 3.8) is 0 Å². The van der Waals surface area contributed by atoms with Crippen molar-refractivity contribution in [2.45, 2.75) is 64.2 Å². The van der Waals surface area contributed by atoms with Crippen molar-refractivity contribution in [2.75, 3.05) is 39.5 Å². The van der Waals surface area contributed by atoms with Crippen LogP contribution in [0.1, 0.15) is 64.2 Å². The van der Waals surface area contributed by atoms with Crippen LogP contribution in [0.4, 0.5) is 0 Å². The second-order valence-electron chi connectivity index (χ2n) is 7.64. The first-order valence-electron chi connectivity index (χ1n) is 9.79. The van der Waals surface area contributed by atoms with Gasteiger partial charge < -0.3 is 9.47 Å². The molecule has 0 spiro atoms. The molecule has 23 heavy (non-hydrogen) atoms. The smallest absolute Gasteiger partial charge is 0.312 e. The fraction of sp³-hybridized carbons (Fsp3) is 0.947. The van der Waals surface area contributed by atoms with Gasteiger partial charge in [-0.25, -0.2) is 0 Å². The van der Waals surface area contributed by atoms with Gasteiger partial charge in [0.25, 0.3) is 0 Å². The first-order chi connectivity index (χ1) is 11.3. The van der Waals surface area contributed by atoms with Gasteiger partial charge in [0.15, 0.2) is 0 Å². The van der Waals surface area contributed by atoms with Crippen LogP contribution >= 0.6 is 0 Å². The number of rotatable bonds is 5. The summed E-state index contributed by atoms with van der Waals surface area (Å²) in [6.07, 6.45) is 12.2. The Labute approximate surface area is 140 Å². The van der Waals surface area contributed by atoms with Crippen LogP contribution in [-0.4, -0.2) is 50.3 Å². The van der Waals surface area contributed by atoms with Crippen LogP contribution in [0.2, 0.25) is 0 Å². The second-order valence-corrected chi connectivity index (χ2v) is 7.64. The molecule has 132 valence electrons. The third-order valence-electron chi connectivity index (χ3n) is 6.28. The van der Waals surface area contributed by atoms with Crippen molar-refractivity contribution in [3.8, 4) is 0 Å². The molecule has 0 bridgehead atoms. The Morgan fingerprint density at radius 2 is 1.65 bits per heavy atom. The first kappa shape index (κ1) is 17.2. The molecule has 4 heteroatoms. The van der Waals surface area contributed by atoms with E-state index in [-0.39, 0.29) is 11.4 Å². The summed E-state index contributed by atoms with van der Waals surface area (Å²) in [5.74, 6) is 0.699. The summed E-state index contributed by atoms with van der Waals surface area (Å²) in [6, 6.07) is 0. The molecule has 0 aromatic carbocycles. The number of morpholine rings is 1. The minimum atomic E-state index is -0.149. The average molecular weight is 323 g/mol. The van der Waals surface area contributed by atoms with Crippen molar-refractivity contribution in [1.82, 2.24) is 4.90 Å². The lowest BCUT2D eigenvalue weighted by Gasteiger charge is -2.43. The lowest BCUT2D eigenvalue weighted by atomic mass is 9.62. The molecular weight excluding hydrogens is 290 g/mol. The highest BCUT2D eigenvalue weighted by molar-refractivity contribution is 5.77. The maximum atomic E-state index is 13.0. The van der Waals surface area contributed by atoms with Gasteiger partial charge in [-0.15, -0.1) is 0 Å². The van der Waals surface area contributed by atoms with E-state index in [9.17, 15) is 4.79 Å². The van der Waals surface area contributed by atoms with Crippen LogP contribution in [0, 0.1) is 11.3 Å². The number of ether oxygens (including phenoxy) is 2. The largest absolute Gasteiger partial charge is 0.464 e. The summed E-state index contributed by atoms with van der Waals surface area (Å²) < 4.78 is 11.2. The fourth-order valence-electron chi connectivity index (χ4n) is 4.85. The summed E-state index contributed by atoms with van der Waals surface area (Å²) in [4.78, 5) is 15.3. The van der Waals surface area contributed by atoms with Gasteiger partial charge in [0, 0.05) is 19.6 Å². The van der Waals surface area contributed by atoms with E-state index in [0.717, 1.165) is 45.7 Å². The molecule has 0 N–H and O–H groups in total. The first-order valence-corrected chi connectivity index (χ1v) is 9.79. The fourth-order valence-corrected chi connectivity index (χ4v) is 4.85. The van der Waals surface area contributed by atoms with Crippen molar-refractivity contribution in [2.24, 2.45) is 11.3 Å². The van der Waals surface area contributed by atoms with E-state index in [1.165, 1.54) is 51.4 Å². The molecule has 2 aliphatic carbocycles. The summed E-state index contributed by atoms with van der Waals surface area (Å²) in [7, 11) is 0. The molecule has 1 aliphatic heterocycles. The molecule has 0 atom stereocenters. The second kappa shape index (κ2) is 8.48. The third-order valence-corrected chi connectivity index (χ3v) is 6.28. The normalized spacial score (nSPS) is 26.8. The Bertz CT molecular complexity index is 367. The van der Waals surface area contributed by atoms with Gasteiger partial charge in [-0.05, 0) is 31.6 Å². The monoisotopic (exact) mass is 323 g/mol. The van der Waals surface area contributed by atoms with E-state index in [1.54, 1.807) is 0 Å². The molecular formula is C19H33NO3. The minimum absolute atomic E-state index is 0.123. The van der Waals surface area contributed by atoms with Crippen LogP contribution in [-0.2, 0) is 14.3 Å². The van der Waals surface area contributed by atoms with Gasteiger partial charge in [-0.3, -0.25) is 9.69 Å². The molecule has 0 unspecified atom stereocenters. The molecule has 0 aromatic heterocycles. The Morgan fingerprint density at radius 3 is 2.35 bits per heavy atom. The van der Waals surface area contributed by atoms with Crippen molar-refractivity contribution in [1.29, 1.82) is 0 Å². The Morgan fingerprint density at radius 1 is 1.00 bits per heavy atom. The van der Waals surface area contributed by atoms with E-state index < -0.39 is 0 Å². The maximum absolute atomic E-state index is 13.0. The molecule has 2 saturated carbocycles. The number of nitrogens with zero attached hydrogens (tertiary/aromatic N) is 1. The Hall–Kier alpha value is -0.610. The van der Waals surface area contributed by atoms with E-state index in [1.807, 2.05) is 0 Å². The molecule has 0 aromatic rings. The zero-order valence-corrected chi connectivity index (χ0v) is 14.6. The van der Waals surface area contributed by atoms with Crippen molar-refractivity contribution < 1.29 is 14.3 Å². The quantitative estimate of drug-likeness (QED) is 0.727. The Kier molecular flexibility index (Phi) is 6.35. The van der Waals surface area contributed by atoms with Crippen LogP contribution in [0.25, 0.3) is 0 Å². The zero-order valence-electron chi connectivity index (χ0n) is 14.6. The molecule has 3 aliphatic rings. The summed E-state index contributed by atoms with van der Waals surface area (Å²) in [5, 5.41) is 0. The standard InChI is InChI=1S/C19H33NO3/c21-18(23-16-13-20-11-14-22-15-12-20)19(9-5-2-6-10-19)17-7-3-1-4-8-17/h17H,1-16H2. The number of hydrogen-bond donors (Lipinski definition) is 0. The highest BCUT2D eigenvalue weighted by Gasteiger charge is 2.47. The van der Waals surface area contributed by atoms with E-state index in [2.05, 4.69) is 4.90 Å². The number of carbonyl (C=O) groups is 1. The minimum Gasteiger partial charge on any atom is -0.464 e. The number of esters is 1. The molecule has 0 amide bonds. The highest BCUT2D eigenvalue weighted by atomic mass is 16.5. The van der Waals surface area contributed by atoms with Gasteiger partial charge in [0.2, 0.25) is 0 Å². The summed E-state index contributed by atoms with van der Waals surface area (Å²) in [6.45, 7) is 4.94. The predicted octanol–water partition coefficient (Wildman–Crippen LogP) is 3.39. The topological polar surface area (TPSA) is 38.8 Å². The molecule has 3 fully saturated rings. The van der Waals surface area contributed by atoms with Gasteiger partial charge in [0.05, 0.1) is 18.6 Å². The molecule has 3 rings (SSSR count). The van der Waals surface area contributed by atoms with Crippen molar-refractivity contribution >= 4 is 5.97 Å². The number of hydrogen-bond acceptors (Lipinski definition) is 4. The maximum Gasteiger partial charge on any atom is 0.312 e. The van der Waals surface area contributed by atoms with Crippen LogP contribution < -0.4 is 0 Å². The predicted molar refractivity (Wildman–Crippen MR) is 90.3 cm³/mol. The van der Waals surface area contributed by atoms with Gasteiger partial charge in [-0.1, -0.05) is 38.5 Å². The lowest BCUT2D eigenvalue weighted by Crippen LogP contribution is -2.44. The SMILES string of the molecule is O=C(OCCN1CCOCC1)C1(C2CCCCC2)CCCCC1. The van der Waals surface area contributed by atoms with Crippen LogP contribution in [0.3, 0.4) is 0 Å². The van der Waals surface area contributed by atoms with E-state index in [4.69, 9.17) is 9.47 Å². The third kappa shape index (κ3) is 4.27. The highest BCUT2D eigenvalue weighted by Crippen LogP contribution is 2.49. The van der Waals surface area contributed by atoms with Gasteiger partial charge >= 0.3 is 5.97 Å². The van der Waals surface area contributed by atoms with Crippen molar-refractivity contribution in [3.05, 3.63) is 0 Å². The van der Waals surface area contributed by atoms with Gasteiger partial charge in [-0.2, -0.15) is 0 Å².